The lowest BCUT2D eigenvalue weighted by Crippen LogP contribution is -2.46. The summed E-state index contributed by atoms with van der Waals surface area (Å²) in [5.74, 6) is 0. The van der Waals surface area contributed by atoms with Gasteiger partial charge in [0.2, 0.25) is 0 Å². The maximum atomic E-state index is 10.1. The fourth-order valence-corrected chi connectivity index (χ4v) is 2.60. The van der Waals surface area contributed by atoms with Crippen LogP contribution in [0.25, 0.3) is 0 Å². The number of benzene rings is 1. The summed E-state index contributed by atoms with van der Waals surface area (Å²) in [5, 5.41) is 19.2. The average molecular weight is 235 g/mol. The zero-order valence-corrected chi connectivity index (χ0v) is 10.6. The van der Waals surface area contributed by atoms with Crippen molar-refractivity contribution in [2.24, 2.45) is 0 Å². The molecule has 1 aromatic carbocycles. The quantitative estimate of drug-likeness (QED) is 0.822. The Labute approximate surface area is 103 Å². The molecule has 0 amide bonds. The Hall–Kier alpha value is -1.06. The smallest absolute Gasteiger partial charge is 0.0794 e. The third kappa shape index (κ3) is 2.79. The fourth-order valence-electron chi connectivity index (χ4n) is 2.60. The highest BCUT2D eigenvalue weighted by Gasteiger charge is 2.28. The van der Waals surface area contributed by atoms with Crippen molar-refractivity contribution in [2.45, 2.75) is 38.9 Å². The lowest BCUT2D eigenvalue weighted by Gasteiger charge is -2.39. The highest BCUT2D eigenvalue weighted by atomic mass is 16.3. The number of aliphatic hydroxyl groups excluding tert-OH is 1. The average Bonchev–Trinajstić information content (AvgIpc) is 2.27. The van der Waals surface area contributed by atoms with Crippen molar-refractivity contribution in [1.29, 1.82) is 0 Å². The first-order chi connectivity index (χ1) is 8.02. The predicted octanol–water partition coefficient (Wildman–Crippen LogP) is 1.84. The van der Waals surface area contributed by atoms with Crippen LogP contribution in [0, 0.1) is 6.92 Å². The summed E-state index contributed by atoms with van der Waals surface area (Å²) in [6.07, 6.45) is 1.89. The van der Waals surface area contributed by atoms with Crippen molar-refractivity contribution in [1.82, 2.24) is 0 Å². The largest absolute Gasteiger partial charge is 0.392 e. The molecule has 1 aliphatic rings. The normalized spacial score (nSPS) is 25.1. The molecule has 3 nitrogen and oxygen atoms in total. The van der Waals surface area contributed by atoms with Crippen LogP contribution < -0.4 is 4.90 Å². The molecule has 1 fully saturated rings. The van der Waals surface area contributed by atoms with Gasteiger partial charge >= 0.3 is 0 Å². The fraction of sp³-hybridized carbons (Fsp3) is 0.571. The first kappa shape index (κ1) is 12.4. The van der Waals surface area contributed by atoms with Crippen LogP contribution in [0.4, 0.5) is 5.69 Å². The number of anilines is 1. The molecule has 1 aromatic rings. The maximum absolute atomic E-state index is 10.1. The van der Waals surface area contributed by atoms with Crippen molar-refractivity contribution in [3.63, 3.8) is 0 Å². The van der Waals surface area contributed by atoms with Gasteiger partial charge in [0.15, 0.2) is 0 Å². The number of aryl methyl sites for hydroxylation is 1. The van der Waals surface area contributed by atoms with Gasteiger partial charge in [-0.3, -0.25) is 0 Å². The summed E-state index contributed by atoms with van der Waals surface area (Å²) >= 11 is 0. The highest BCUT2D eigenvalue weighted by Crippen LogP contribution is 2.28. The predicted molar refractivity (Wildman–Crippen MR) is 69.2 cm³/mol. The van der Waals surface area contributed by atoms with Crippen LogP contribution in [0.1, 0.15) is 30.9 Å². The van der Waals surface area contributed by atoms with E-state index in [1.807, 2.05) is 25.1 Å². The molecule has 0 bridgehead atoms. The van der Waals surface area contributed by atoms with Gasteiger partial charge in [0.1, 0.15) is 0 Å². The summed E-state index contributed by atoms with van der Waals surface area (Å²) in [6, 6.07) is 6.01. The van der Waals surface area contributed by atoms with Gasteiger partial charge in [-0.25, -0.2) is 0 Å². The van der Waals surface area contributed by atoms with Gasteiger partial charge in [0.25, 0.3) is 0 Å². The molecule has 94 valence electrons. The van der Waals surface area contributed by atoms with E-state index in [1.165, 1.54) is 5.69 Å². The molecule has 0 aromatic heterocycles. The third-order valence-electron chi connectivity index (χ3n) is 3.46. The second kappa shape index (κ2) is 4.67. The first-order valence-electron chi connectivity index (χ1n) is 6.19. The Morgan fingerprint density at radius 3 is 2.76 bits per heavy atom. The van der Waals surface area contributed by atoms with Gasteiger partial charge in [0.05, 0.1) is 12.2 Å². The number of β-amino-alcohol motifs (C(OH)–C–C–N with tert-alkyl or cyclic N) is 1. The van der Waals surface area contributed by atoms with E-state index in [4.69, 9.17) is 5.11 Å². The van der Waals surface area contributed by atoms with E-state index in [9.17, 15) is 5.11 Å². The molecule has 1 heterocycles. The van der Waals surface area contributed by atoms with Crippen LogP contribution in [-0.4, -0.2) is 28.9 Å². The molecule has 2 N–H and O–H groups in total. The van der Waals surface area contributed by atoms with Gasteiger partial charge in [-0.1, -0.05) is 12.1 Å². The zero-order chi connectivity index (χ0) is 12.5. The molecule has 0 aliphatic carbocycles. The molecule has 3 heteroatoms. The van der Waals surface area contributed by atoms with Gasteiger partial charge < -0.3 is 15.1 Å². The van der Waals surface area contributed by atoms with Crippen LogP contribution in [0.15, 0.2) is 18.2 Å². The maximum Gasteiger partial charge on any atom is 0.0794 e. The summed E-state index contributed by atoms with van der Waals surface area (Å²) < 4.78 is 0. The topological polar surface area (TPSA) is 43.7 Å². The van der Waals surface area contributed by atoms with Crippen molar-refractivity contribution in [2.75, 3.05) is 18.0 Å². The number of hydrogen-bond donors (Lipinski definition) is 2. The van der Waals surface area contributed by atoms with Crippen molar-refractivity contribution in [3.8, 4) is 0 Å². The molecule has 1 unspecified atom stereocenters. The van der Waals surface area contributed by atoms with E-state index in [0.29, 0.717) is 6.54 Å². The third-order valence-corrected chi connectivity index (χ3v) is 3.46. The highest BCUT2D eigenvalue weighted by molar-refractivity contribution is 5.55. The molecule has 0 radical (unpaired) electrons. The van der Waals surface area contributed by atoms with Gasteiger partial charge in [0, 0.05) is 18.8 Å². The molecule has 1 aliphatic heterocycles. The minimum Gasteiger partial charge on any atom is -0.392 e. The van der Waals surface area contributed by atoms with E-state index < -0.39 is 5.60 Å². The minimum atomic E-state index is -0.583. The van der Waals surface area contributed by atoms with Crippen molar-refractivity contribution in [3.05, 3.63) is 29.3 Å². The number of nitrogens with zero attached hydrogens (tertiary/aromatic N) is 1. The molecule has 2 rings (SSSR count). The first-order valence-corrected chi connectivity index (χ1v) is 6.19. The Balaban J connectivity index is 2.22. The Kier molecular flexibility index (Phi) is 3.40. The Morgan fingerprint density at radius 2 is 2.18 bits per heavy atom. The summed E-state index contributed by atoms with van der Waals surface area (Å²) in [4.78, 5) is 2.24. The number of rotatable bonds is 2. The number of piperidine rings is 1. The lowest BCUT2D eigenvalue weighted by atomic mass is 9.94. The Bertz CT molecular complexity index is 401. The van der Waals surface area contributed by atoms with Crippen LogP contribution in [0.3, 0.4) is 0 Å². The summed E-state index contributed by atoms with van der Waals surface area (Å²) in [7, 11) is 0. The second-order valence-corrected chi connectivity index (χ2v) is 5.30. The summed E-state index contributed by atoms with van der Waals surface area (Å²) in [5.41, 5.74) is 2.69. The summed E-state index contributed by atoms with van der Waals surface area (Å²) in [6.45, 7) is 5.72. The Morgan fingerprint density at radius 1 is 1.41 bits per heavy atom. The monoisotopic (exact) mass is 235 g/mol. The van der Waals surface area contributed by atoms with Gasteiger partial charge in [-0.05, 0) is 43.9 Å². The number of aliphatic hydroxyl groups is 2. The second-order valence-electron chi connectivity index (χ2n) is 5.30. The van der Waals surface area contributed by atoms with Gasteiger partial charge in [-0.15, -0.1) is 0 Å². The van der Waals surface area contributed by atoms with Crippen LogP contribution in [0.5, 0.6) is 0 Å². The molecule has 0 spiro atoms. The SMILES string of the molecule is Cc1cc(CO)ccc1N1CCCC(C)(O)C1. The molecular formula is C14H21NO2. The van der Waals surface area contributed by atoms with E-state index in [0.717, 1.165) is 30.5 Å². The molecule has 1 atom stereocenters. The van der Waals surface area contributed by atoms with E-state index >= 15 is 0 Å². The van der Waals surface area contributed by atoms with Crippen LogP contribution in [0.2, 0.25) is 0 Å². The molecule has 1 saturated heterocycles. The van der Waals surface area contributed by atoms with Crippen molar-refractivity contribution >= 4 is 5.69 Å². The molecular weight excluding hydrogens is 214 g/mol. The minimum absolute atomic E-state index is 0.0822. The van der Waals surface area contributed by atoms with Crippen LogP contribution in [-0.2, 0) is 6.61 Å². The lowest BCUT2D eigenvalue weighted by molar-refractivity contribution is 0.0449. The van der Waals surface area contributed by atoms with Crippen molar-refractivity contribution < 1.29 is 10.2 Å². The van der Waals surface area contributed by atoms with E-state index in [-0.39, 0.29) is 6.61 Å². The molecule has 17 heavy (non-hydrogen) atoms. The standard InChI is InChI=1S/C14H21NO2/c1-11-8-12(9-16)4-5-13(11)15-7-3-6-14(2,17)10-15/h4-5,8,16-17H,3,6-7,9-10H2,1-2H3. The zero-order valence-electron chi connectivity index (χ0n) is 10.6. The van der Waals surface area contributed by atoms with Gasteiger partial charge in [-0.2, -0.15) is 0 Å². The molecule has 0 saturated carbocycles. The van der Waals surface area contributed by atoms with Crippen LogP contribution >= 0.6 is 0 Å². The van der Waals surface area contributed by atoms with E-state index in [2.05, 4.69) is 11.8 Å². The van der Waals surface area contributed by atoms with E-state index in [1.54, 1.807) is 0 Å². The number of hydrogen-bond acceptors (Lipinski definition) is 3.